The van der Waals surface area contributed by atoms with E-state index in [-0.39, 0.29) is 99.7 Å². The number of carbonyl (C=O) groups excluding carboxylic acids is 6. The molecule has 3 amide bonds. The molecule has 2 rings (SSSR count). The van der Waals surface area contributed by atoms with Crippen LogP contribution in [0.1, 0.15) is 83.5 Å². The quantitative estimate of drug-likeness (QED) is 0.0875. The first-order valence-electron chi connectivity index (χ1n) is 14.0. The number of amides is 3. The van der Waals surface area contributed by atoms with Gasteiger partial charge in [0.05, 0.1) is 18.7 Å². The molecule has 0 aromatic heterocycles. The molecule has 5 N–H and O–H groups in total. The van der Waals surface area contributed by atoms with Crippen LogP contribution in [0.25, 0.3) is 0 Å². The molecule has 14 heteroatoms. The number of hydrogen-bond donors (Lipinski definition) is 5. The largest absolute Gasteiger partial charge is 0.481 e. The number of carbonyl (C=O) groups is 7. The van der Waals surface area contributed by atoms with Crippen molar-refractivity contribution < 1.29 is 48.9 Å². The average molecular weight is 599 g/mol. The van der Waals surface area contributed by atoms with Gasteiger partial charge in [0.25, 0.3) is 0 Å². The number of unbranched alkanes of at least 4 members (excludes halogenated alkanes) is 1. The molecule has 2 fully saturated rings. The Morgan fingerprint density at radius 1 is 0.854 bits per heavy atom. The Bertz CT molecular complexity index is 990. The molecule has 2 heterocycles. The fourth-order valence-corrected chi connectivity index (χ4v) is 6.57. The summed E-state index contributed by atoms with van der Waals surface area (Å²) in [5, 5.41) is 37.2. The number of aliphatic hydroxyl groups excluding tert-OH is 1. The molecule has 0 spiro atoms. The van der Waals surface area contributed by atoms with Gasteiger partial charge in [-0.1, -0.05) is 6.42 Å². The van der Waals surface area contributed by atoms with Crippen LogP contribution in [0.2, 0.25) is 0 Å². The minimum Gasteiger partial charge on any atom is -0.481 e. The van der Waals surface area contributed by atoms with Gasteiger partial charge in [-0.2, -0.15) is 0 Å². The number of nitrogens with one attached hydrogen (secondary N) is 3. The van der Waals surface area contributed by atoms with Crippen molar-refractivity contribution in [2.45, 2.75) is 106 Å². The van der Waals surface area contributed by atoms with E-state index in [9.17, 15) is 38.7 Å². The summed E-state index contributed by atoms with van der Waals surface area (Å²) < 4.78 is -0.929. The maximum atomic E-state index is 13.2. The van der Waals surface area contributed by atoms with Crippen molar-refractivity contribution in [3.8, 4) is 0 Å². The van der Waals surface area contributed by atoms with Crippen LogP contribution in [0.5, 0.6) is 0 Å². The number of fused-ring (bicyclic) bond motifs is 1. The van der Waals surface area contributed by atoms with Gasteiger partial charge in [-0.25, -0.2) is 9.90 Å². The predicted octanol–water partition coefficient (Wildman–Crippen LogP) is 0.862. The molecule has 0 aromatic carbocycles. The van der Waals surface area contributed by atoms with Crippen molar-refractivity contribution in [2.24, 2.45) is 0 Å². The zero-order valence-corrected chi connectivity index (χ0v) is 23.9. The molecular formula is C27H40N3O10S. The van der Waals surface area contributed by atoms with Gasteiger partial charge in [0, 0.05) is 70.1 Å². The van der Waals surface area contributed by atoms with E-state index >= 15 is 0 Å². The first-order valence-corrected chi connectivity index (χ1v) is 15.0. The molecule has 4 atom stereocenters. The number of thioether (sulfide) groups is 1. The van der Waals surface area contributed by atoms with Gasteiger partial charge >= 0.3 is 12.0 Å². The molecule has 0 bridgehead atoms. The molecule has 13 nitrogen and oxygen atoms in total. The summed E-state index contributed by atoms with van der Waals surface area (Å²) in [6, 6.07) is -0.949. The molecule has 1 radical (unpaired) electrons. The molecule has 229 valence electrons. The monoisotopic (exact) mass is 598 g/mol. The number of carboxylic acid groups (broad SMARTS) is 1. The number of Topliss-reactive ketones (excluding diaryl/α,β-unsaturated/α-hetero) is 4. The topological polar surface area (TPSA) is 216 Å². The van der Waals surface area contributed by atoms with E-state index in [0.717, 1.165) is 0 Å². The molecular weight excluding hydrogens is 558 g/mol. The smallest absolute Gasteiger partial charge is 0.315 e. The van der Waals surface area contributed by atoms with E-state index in [1.807, 2.05) is 0 Å². The normalized spacial score (nSPS) is 21.9. The highest BCUT2D eigenvalue weighted by molar-refractivity contribution is 8.01. The van der Waals surface area contributed by atoms with Gasteiger partial charge in [0.15, 0.2) is 0 Å². The van der Waals surface area contributed by atoms with E-state index in [0.29, 0.717) is 31.4 Å². The van der Waals surface area contributed by atoms with Crippen LogP contribution in [-0.4, -0.2) is 93.1 Å². The van der Waals surface area contributed by atoms with Crippen LogP contribution < -0.4 is 16.0 Å². The van der Waals surface area contributed by atoms with Crippen molar-refractivity contribution in [2.75, 3.05) is 18.9 Å². The number of ketones is 4. The highest BCUT2D eigenvalue weighted by Crippen LogP contribution is 2.44. The van der Waals surface area contributed by atoms with Crippen molar-refractivity contribution >= 4 is 52.8 Å². The SMILES string of the molecule is [O]C(CO)CC(=O)CCC(=O)CCC(=O)CCC(=O)CCCNC(=O)[C@@]1(CCCCC(=O)O)SC[C@@H]2NC(=O)N[C@@H]21. The van der Waals surface area contributed by atoms with Crippen molar-refractivity contribution in [3.05, 3.63) is 0 Å². The maximum Gasteiger partial charge on any atom is 0.315 e. The lowest BCUT2D eigenvalue weighted by Crippen LogP contribution is -2.56. The van der Waals surface area contributed by atoms with Crippen molar-refractivity contribution in [3.63, 3.8) is 0 Å². The Labute approximate surface area is 243 Å². The van der Waals surface area contributed by atoms with Gasteiger partial charge in [-0.3, -0.25) is 28.8 Å². The van der Waals surface area contributed by atoms with Crippen LogP contribution in [0.3, 0.4) is 0 Å². The van der Waals surface area contributed by atoms with Gasteiger partial charge < -0.3 is 26.2 Å². The second-order valence-corrected chi connectivity index (χ2v) is 11.9. The summed E-state index contributed by atoms with van der Waals surface area (Å²) in [4.78, 5) is 83.7. The lowest BCUT2D eigenvalue weighted by atomic mass is 9.88. The van der Waals surface area contributed by atoms with Crippen LogP contribution in [0, 0.1) is 0 Å². The van der Waals surface area contributed by atoms with Gasteiger partial charge in [0.2, 0.25) is 5.91 Å². The highest BCUT2D eigenvalue weighted by atomic mass is 32.2. The summed E-state index contributed by atoms with van der Waals surface area (Å²) in [6.07, 6.45) is -0.0859. The van der Waals surface area contributed by atoms with E-state index < -0.39 is 35.3 Å². The first kappa shape index (κ1) is 34.4. The predicted molar refractivity (Wildman–Crippen MR) is 147 cm³/mol. The number of carboxylic acids is 1. The summed E-state index contributed by atoms with van der Waals surface area (Å²) in [5.74, 6) is -1.68. The Hall–Kier alpha value is -2.84. The average Bonchev–Trinajstić information content (AvgIpc) is 3.47. The third-order valence-electron chi connectivity index (χ3n) is 7.23. The van der Waals surface area contributed by atoms with E-state index in [1.54, 1.807) is 0 Å². The second kappa shape index (κ2) is 17.2. The number of hydrogen-bond acceptors (Lipinski definition) is 9. The third-order valence-corrected chi connectivity index (χ3v) is 8.91. The third kappa shape index (κ3) is 11.5. The molecule has 2 aliphatic rings. The Morgan fingerprint density at radius 3 is 2.02 bits per heavy atom. The zero-order valence-electron chi connectivity index (χ0n) is 23.1. The van der Waals surface area contributed by atoms with E-state index in [1.165, 1.54) is 11.8 Å². The Kier molecular flexibility index (Phi) is 14.4. The summed E-state index contributed by atoms with van der Waals surface area (Å²) >= 11 is 1.44. The molecule has 0 aliphatic carbocycles. The fourth-order valence-electron chi connectivity index (χ4n) is 4.92. The molecule has 41 heavy (non-hydrogen) atoms. The van der Waals surface area contributed by atoms with Crippen LogP contribution >= 0.6 is 11.8 Å². The Morgan fingerprint density at radius 2 is 1.44 bits per heavy atom. The van der Waals surface area contributed by atoms with Crippen LogP contribution in [0.15, 0.2) is 0 Å². The van der Waals surface area contributed by atoms with Gasteiger partial charge in [-0.15, -0.1) is 11.8 Å². The van der Waals surface area contributed by atoms with E-state index in [2.05, 4.69) is 16.0 Å². The molecule has 0 aromatic rings. The zero-order chi connectivity index (χ0) is 30.4. The summed E-state index contributed by atoms with van der Waals surface area (Å²) in [6.45, 7) is -0.411. The van der Waals surface area contributed by atoms with Crippen LogP contribution in [0.4, 0.5) is 4.79 Å². The Balaban J connectivity index is 1.66. The lowest BCUT2D eigenvalue weighted by molar-refractivity contribution is -0.137. The van der Waals surface area contributed by atoms with Crippen molar-refractivity contribution in [1.29, 1.82) is 0 Å². The summed E-state index contributed by atoms with van der Waals surface area (Å²) in [7, 11) is 0. The summed E-state index contributed by atoms with van der Waals surface area (Å²) in [5.41, 5.74) is 0. The van der Waals surface area contributed by atoms with Crippen molar-refractivity contribution in [1.82, 2.24) is 16.0 Å². The molecule has 0 saturated carbocycles. The van der Waals surface area contributed by atoms with E-state index in [4.69, 9.17) is 10.2 Å². The highest BCUT2D eigenvalue weighted by Gasteiger charge is 2.57. The minimum absolute atomic E-state index is 0.000999. The second-order valence-electron chi connectivity index (χ2n) is 10.5. The molecule has 1 unspecified atom stereocenters. The first-order chi connectivity index (χ1) is 19.5. The molecule has 2 aliphatic heterocycles. The fraction of sp³-hybridized carbons (Fsp3) is 0.741. The molecule has 2 saturated heterocycles. The van der Waals surface area contributed by atoms with Gasteiger partial charge in [-0.05, 0) is 19.3 Å². The van der Waals surface area contributed by atoms with Gasteiger partial charge in [0.1, 0.15) is 34.0 Å². The lowest BCUT2D eigenvalue weighted by Gasteiger charge is -2.32. The minimum atomic E-state index is -1.39. The number of rotatable bonds is 22. The number of urea groups is 1. The standard InChI is InChI=1S/C27H40N3O10S/c31-15-21(36)14-20(35)11-10-19(34)9-8-18(33)7-6-17(32)4-3-13-28-25(39)27(12-2-1-5-23(37)38)24-22(16-41-27)29-26(40)30-24/h21-22,24,31H,1-16H2,(H,28,39)(H,37,38)(H2,29,30,40)/t21?,22-,24-,27-/m0/s1. The maximum absolute atomic E-state index is 13.2. The number of aliphatic hydroxyl groups is 1. The van der Waals surface area contributed by atoms with Crippen LogP contribution in [-0.2, 0) is 33.9 Å². The number of aliphatic carboxylic acids is 1.